The lowest BCUT2D eigenvalue weighted by atomic mass is 10.0. The smallest absolute Gasteiger partial charge is 0.252 e. The van der Waals surface area contributed by atoms with Crippen LogP contribution < -0.4 is 0 Å². The number of amides is 1. The van der Waals surface area contributed by atoms with Crippen molar-refractivity contribution in [1.29, 1.82) is 0 Å². The number of ether oxygens (including phenoxy) is 1. The standard InChI is InChI=1S/C27H25NO3/c29-27(26-11-6-16-30-26)28(19-24-17-23-9-4-5-10-25(23)31-24)18-20-12-14-22(15-13-20)21-7-2-1-3-8-21/h1-5,7-10,12-15,17,26H,6,11,16,18-19H2. The van der Waals surface area contributed by atoms with Crippen LogP contribution in [0.4, 0.5) is 0 Å². The number of furan rings is 1. The summed E-state index contributed by atoms with van der Waals surface area (Å²) in [5, 5.41) is 1.05. The molecule has 1 fully saturated rings. The van der Waals surface area contributed by atoms with Crippen LogP contribution in [0.3, 0.4) is 0 Å². The Hall–Kier alpha value is -3.37. The third-order valence-corrected chi connectivity index (χ3v) is 5.77. The van der Waals surface area contributed by atoms with Crippen LogP contribution in [-0.2, 0) is 22.6 Å². The molecule has 4 aromatic rings. The first-order chi connectivity index (χ1) is 15.3. The summed E-state index contributed by atoms with van der Waals surface area (Å²) >= 11 is 0. The maximum Gasteiger partial charge on any atom is 0.252 e. The predicted octanol–water partition coefficient (Wildman–Crippen LogP) is 5.81. The van der Waals surface area contributed by atoms with Crippen molar-refractivity contribution in [2.75, 3.05) is 6.61 Å². The molecule has 2 heterocycles. The third-order valence-electron chi connectivity index (χ3n) is 5.77. The largest absolute Gasteiger partial charge is 0.459 e. The van der Waals surface area contributed by atoms with Gasteiger partial charge in [-0.2, -0.15) is 0 Å². The second kappa shape index (κ2) is 8.78. The van der Waals surface area contributed by atoms with E-state index in [0.29, 0.717) is 19.7 Å². The van der Waals surface area contributed by atoms with Crippen LogP contribution in [0, 0.1) is 0 Å². The molecule has 1 amide bonds. The molecule has 1 saturated heterocycles. The van der Waals surface area contributed by atoms with Crippen molar-refractivity contribution in [2.45, 2.75) is 32.0 Å². The maximum atomic E-state index is 13.2. The molecule has 0 aliphatic carbocycles. The number of nitrogens with zero attached hydrogens (tertiary/aromatic N) is 1. The molecule has 4 heteroatoms. The van der Waals surface area contributed by atoms with E-state index in [-0.39, 0.29) is 12.0 Å². The minimum absolute atomic E-state index is 0.0325. The van der Waals surface area contributed by atoms with Crippen LogP contribution in [0.2, 0.25) is 0 Å². The predicted molar refractivity (Wildman–Crippen MR) is 121 cm³/mol. The monoisotopic (exact) mass is 411 g/mol. The van der Waals surface area contributed by atoms with E-state index in [1.165, 1.54) is 11.1 Å². The summed E-state index contributed by atoms with van der Waals surface area (Å²) in [5.41, 5.74) is 4.28. The molecule has 1 aliphatic rings. The van der Waals surface area contributed by atoms with Gasteiger partial charge in [-0.05, 0) is 41.7 Å². The van der Waals surface area contributed by atoms with Gasteiger partial charge >= 0.3 is 0 Å². The highest BCUT2D eigenvalue weighted by Crippen LogP contribution is 2.24. The first kappa shape index (κ1) is 19.6. The van der Waals surface area contributed by atoms with Crippen LogP contribution in [-0.4, -0.2) is 23.5 Å². The summed E-state index contributed by atoms with van der Waals surface area (Å²) in [5.74, 6) is 0.818. The Morgan fingerprint density at radius 3 is 2.35 bits per heavy atom. The summed E-state index contributed by atoms with van der Waals surface area (Å²) in [4.78, 5) is 15.1. The Kier molecular flexibility index (Phi) is 5.55. The average Bonchev–Trinajstić information content (AvgIpc) is 3.49. The Morgan fingerprint density at radius 2 is 1.61 bits per heavy atom. The molecule has 31 heavy (non-hydrogen) atoms. The zero-order valence-electron chi connectivity index (χ0n) is 17.4. The molecule has 3 aromatic carbocycles. The topological polar surface area (TPSA) is 42.7 Å². The van der Waals surface area contributed by atoms with Crippen molar-refractivity contribution >= 4 is 16.9 Å². The molecule has 0 spiro atoms. The molecule has 156 valence electrons. The molecule has 1 unspecified atom stereocenters. The van der Waals surface area contributed by atoms with Crippen molar-refractivity contribution in [2.24, 2.45) is 0 Å². The molecule has 1 atom stereocenters. The quantitative estimate of drug-likeness (QED) is 0.402. The number of fused-ring (bicyclic) bond motifs is 1. The third kappa shape index (κ3) is 4.39. The molecule has 1 aliphatic heterocycles. The first-order valence-corrected chi connectivity index (χ1v) is 10.8. The highest BCUT2D eigenvalue weighted by Gasteiger charge is 2.29. The molecule has 0 radical (unpaired) electrons. The van der Waals surface area contributed by atoms with E-state index in [1.807, 2.05) is 53.4 Å². The molecule has 5 rings (SSSR count). The van der Waals surface area contributed by atoms with Crippen molar-refractivity contribution < 1.29 is 13.9 Å². The summed E-state index contributed by atoms with van der Waals surface area (Å²) < 4.78 is 11.7. The maximum absolute atomic E-state index is 13.2. The molecule has 0 bridgehead atoms. The summed E-state index contributed by atoms with van der Waals surface area (Å²) in [6.45, 7) is 1.60. The SMILES string of the molecule is O=C(C1CCCO1)N(Cc1ccc(-c2ccccc2)cc1)Cc1cc2ccccc2o1. The lowest BCUT2D eigenvalue weighted by molar-refractivity contribution is -0.142. The zero-order chi connectivity index (χ0) is 21.0. The van der Waals surface area contributed by atoms with E-state index in [9.17, 15) is 4.79 Å². The lowest BCUT2D eigenvalue weighted by Gasteiger charge is -2.24. The molecule has 1 aromatic heterocycles. The van der Waals surface area contributed by atoms with E-state index in [1.54, 1.807) is 0 Å². The Morgan fingerprint density at radius 1 is 0.871 bits per heavy atom. The van der Waals surface area contributed by atoms with Gasteiger partial charge in [-0.1, -0.05) is 72.8 Å². The highest BCUT2D eigenvalue weighted by molar-refractivity contribution is 5.82. The van der Waals surface area contributed by atoms with Gasteiger partial charge in [0.05, 0.1) is 6.54 Å². The number of hydrogen-bond donors (Lipinski definition) is 0. The average molecular weight is 412 g/mol. The van der Waals surface area contributed by atoms with Crippen molar-refractivity contribution in [3.8, 4) is 11.1 Å². The van der Waals surface area contributed by atoms with Gasteiger partial charge in [0, 0.05) is 18.5 Å². The molecular weight excluding hydrogens is 386 g/mol. The van der Waals surface area contributed by atoms with E-state index >= 15 is 0 Å². The first-order valence-electron chi connectivity index (χ1n) is 10.8. The van der Waals surface area contributed by atoms with Crippen LogP contribution in [0.15, 0.2) is 89.3 Å². The van der Waals surface area contributed by atoms with E-state index in [2.05, 4.69) is 36.4 Å². The summed E-state index contributed by atoms with van der Waals surface area (Å²) in [7, 11) is 0. The van der Waals surface area contributed by atoms with Gasteiger partial charge < -0.3 is 14.1 Å². The van der Waals surface area contributed by atoms with Crippen LogP contribution >= 0.6 is 0 Å². The van der Waals surface area contributed by atoms with Gasteiger partial charge in [-0.3, -0.25) is 4.79 Å². The van der Waals surface area contributed by atoms with Crippen molar-refractivity contribution in [3.05, 3.63) is 96.3 Å². The number of carbonyl (C=O) groups is 1. The van der Waals surface area contributed by atoms with Gasteiger partial charge in [-0.25, -0.2) is 0 Å². The van der Waals surface area contributed by atoms with E-state index < -0.39 is 0 Å². The number of para-hydroxylation sites is 1. The number of carbonyl (C=O) groups excluding carboxylic acids is 1. The van der Waals surface area contributed by atoms with Crippen LogP contribution in [0.25, 0.3) is 22.1 Å². The summed E-state index contributed by atoms with van der Waals surface area (Å²) in [6.07, 6.45) is 1.36. The number of benzene rings is 3. The Bertz CT molecular complexity index is 1130. The fourth-order valence-electron chi connectivity index (χ4n) is 4.14. The van der Waals surface area contributed by atoms with Crippen LogP contribution in [0.5, 0.6) is 0 Å². The zero-order valence-corrected chi connectivity index (χ0v) is 17.4. The van der Waals surface area contributed by atoms with Crippen LogP contribution in [0.1, 0.15) is 24.2 Å². The number of hydrogen-bond acceptors (Lipinski definition) is 3. The fourth-order valence-corrected chi connectivity index (χ4v) is 4.14. The highest BCUT2D eigenvalue weighted by atomic mass is 16.5. The second-order valence-corrected chi connectivity index (χ2v) is 8.01. The Balaban J connectivity index is 1.38. The fraction of sp³-hybridized carbons (Fsp3) is 0.222. The minimum Gasteiger partial charge on any atom is -0.459 e. The Labute approximate surface area is 182 Å². The minimum atomic E-state index is -0.354. The number of rotatable bonds is 6. The molecule has 0 saturated carbocycles. The summed E-state index contributed by atoms with van der Waals surface area (Å²) in [6, 6.07) is 28.7. The van der Waals surface area contributed by atoms with Gasteiger partial charge in [0.25, 0.3) is 5.91 Å². The van der Waals surface area contributed by atoms with Crippen molar-refractivity contribution in [1.82, 2.24) is 4.90 Å². The van der Waals surface area contributed by atoms with Gasteiger partial charge in [0.2, 0.25) is 0 Å². The second-order valence-electron chi connectivity index (χ2n) is 8.01. The lowest BCUT2D eigenvalue weighted by Crippen LogP contribution is -2.38. The molecule has 4 nitrogen and oxygen atoms in total. The molecular formula is C27H25NO3. The van der Waals surface area contributed by atoms with Crippen molar-refractivity contribution in [3.63, 3.8) is 0 Å². The van der Waals surface area contributed by atoms with Gasteiger partial charge in [-0.15, -0.1) is 0 Å². The normalized spacial score (nSPS) is 15.9. The van der Waals surface area contributed by atoms with E-state index in [0.717, 1.165) is 35.1 Å². The van der Waals surface area contributed by atoms with Gasteiger partial charge in [0.1, 0.15) is 17.4 Å². The van der Waals surface area contributed by atoms with Gasteiger partial charge in [0.15, 0.2) is 0 Å². The molecule has 0 N–H and O–H groups in total. The van der Waals surface area contributed by atoms with E-state index in [4.69, 9.17) is 9.15 Å².